The number of halogens is 2. The zero-order valence-electron chi connectivity index (χ0n) is 10.1. The second-order valence-electron chi connectivity index (χ2n) is 4.43. The van der Waals surface area contributed by atoms with Gasteiger partial charge in [0.15, 0.2) is 0 Å². The molecule has 0 radical (unpaired) electrons. The van der Waals surface area contributed by atoms with E-state index in [0.29, 0.717) is 5.69 Å². The standard InChI is InChI=1S/C12H17F2NO2/c1-8(12(2,3)16)15-9-5-4-6-10(7-9)17-11(13)14/h4-8,11,15-16H,1-3H3. The van der Waals surface area contributed by atoms with Crippen molar-refractivity contribution in [3.8, 4) is 5.75 Å². The third-order valence-electron chi connectivity index (χ3n) is 2.50. The number of aliphatic hydroxyl groups is 1. The maximum atomic E-state index is 12.0. The summed E-state index contributed by atoms with van der Waals surface area (Å²) in [4.78, 5) is 0. The van der Waals surface area contributed by atoms with Gasteiger partial charge in [0.1, 0.15) is 5.75 Å². The summed E-state index contributed by atoms with van der Waals surface area (Å²) >= 11 is 0. The van der Waals surface area contributed by atoms with E-state index in [-0.39, 0.29) is 11.8 Å². The van der Waals surface area contributed by atoms with Crippen molar-refractivity contribution in [1.29, 1.82) is 0 Å². The maximum absolute atomic E-state index is 12.0. The zero-order valence-corrected chi connectivity index (χ0v) is 10.1. The number of hydrogen-bond donors (Lipinski definition) is 2. The molecule has 1 rings (SSSR count). The number of anilines is 1. The van der Waals surface area contributed by atoms with Crippen LogP contribution < -0.4 is 10.1 Å². The molecule has 0 amide bonds. The van der Waals surface area contributed by atoms with Crippen LogP contribution >= 0.6 is 0 Å². The minimum Gasteiger partial charge on any atom is -0.435 e. The number of alkyl halides is 2. The van der Waals surface area contributed by atoms with E-state index in [1.165, 1.54) is 12.1 Å². The predicted molar refractivity (Wildman–Crippen MR) is 62.5 cm³/mol. The van der Waals surface area contributed by atoms with Crippen LogP contribution in [0, 0.1) is 0 Å². The molecule has 0 heterocycles. The summed E-state index contributed by atoms with van der Waals surface area (Å²) < 4.78 is 28.3. The molecule has 0 spiro atoms. The third kappa shape index (κ3) is 4.56. The number of nitrogens with one attached hydrogen (secondary N) is 1. The Labute approximate surface area is 99.4 Å². The van der Waals surface area contributed by atoms with Crippen LogP contribution in [0.5, 0.6) is 5.75 Å². The Kier molecular flexibility index (Phi) is 4.28. The first-order valence-electron chi connectivity index (χ1n) is 5.33. The Morgan fingerprint density at radius 2 is 2.00 bits per heavy atom. The van der Waals surface area contributed by atoms with Gasteiger partial charge in [-0.2, -0.15) is 8.78 Å². The van der Waals surface area contributed by atoms with Crippen molar-refractivity contribution in [2.45, 2.75) is 39.0 Å². The Morgan fingerprint density at radius 1 is 1.35 bits per heavy atom. The highest BCUT2D eigenvalue weighted by Gasteiger charge is 2.21. The summed E-state index contributed by atoms with van der Waals surface area (Å²) in [6, 6.07) is 6.03. The monoisotopic (exact) mass is 245 g/mol. The van der Waals surface area contributed by atoms with Crippen molar-refractivity contribution in [3.63, 3.8) is 0 Å². The molecule has 0 aliphatic carbocycles. The van der Waals surface area contributed by atoms with Gasteiger partial charge in [0, 0.05) is 11.8 Å². The van der Waals surface area contributed by atoms with Crippen LogP contribution in [0.3, 0.4) is 0 Å². The van der Waals surface area contributed by atoms with Gasteiger partial charge in [-0.25, -0.2) is 0 Å². The van der Waals surface area contributed by atoms with Crippen molar-refractivity contribution in [1.82, 2.24) is 0 Å². The molecular formula is C12H17F2NO2. The molecular weight excluding hydrogens is 228 g/mol. The minimum atomic E-state index is -2.84. The van der Waals surface area contributed by atoms with Crippen molar-refractivity contribution in [2.24, 2.45) is 0 Å². The molecule has 0 bridgehead atoms. The SMILES string of the molecule is CC(Nc1cccc(OC(F)F)c1)C(C)(C)O. The summed E-state index contributed by atoms with van der Waals surface area (Å²) in [6.45, 7) is 2.31. The van der Waals surface area contributed by atoms with E-state index in [1.54, 1.807) is 32.9 Å². The van der Waals surface area contributed by atoms with Gasteiger partial charge in [-0.3, -0.25) is 0 Å². The first kappa shape index (κ1) is 13.7. The fraction of sp³-hybridized carbons (Fsp3) is 0.500. The fourth-order valence-corrected chi connectivity index (χ4v) is 1.19. The summed E-state index contributed by atoms with van der Waals surface area (Å²) in [5, 5.41) is 12.8. The predicted octanol–water partition coefficient (Wildman–Crippen LogP) is 2.86. The lowest BCUT2D eigenvalue weighted by Gasteiger charge is -2.27. The molecule has 1 aromatic rings. The Balaban J connectivity index is 2.72. The molecule has 0 aromatic heterocycles. The second-order valence-corrected chi connectivity index (χ2v) is 4.43. The van der Waals surface area contributed by atoms with Crippen LogP contribution in [0.4, 0.5) is 14.5 Å². The van der Waals surface area contributed by atoms with Crippen LogP contribution in [0.2, 0.25) is 0 Å². The Hall–Kier alpha value is -1.36. The molecule has 1 unspecified atom stereocenters. The molecule has 2 N–H and O–H groups in total. The van der Waals surface area contributed by atoms with Gasteiger partial charge in [0.25, 0.3) is 0 Å². The van der Waals surface area contributed by atoms with Gasteiger partial charge in [0.2, 0.25) is 0 Å². The summed E-state index contributed by atoms with van der Waals surface area (Å²) in [5.41, 5.74) is -0.280. The number of hydrogen-bond acceptors (Lipinski definition) is 3. The molecule has 5 heteroatoms. The normalized spacial score (nSPS) is 13.6. The lowest BCUT2D eigenvalue weighted by molar-refractivity contribution is -0.0498. The van der Waals surface area contributed by atoms with Crippen LogP contribution in [0.15, 0.2) is 24.3 Å². The topological polar surface area (TPSA) is 41.5 Å². The minimum absolute atomic E-state index is 0.0907. The molecule has 17 heavy (non-hydrogen) atoms. The van der Waals surface area contributed by atoms with E-state index in [0.717, 1.165) is 0 Å². The zero-order chi connectivity index (χ0) is 13.1. The molecule has 96 valence electrons. The molecule has 0 fully saturated rings. The molecule has 0 aliphatic heterocycles. The maximum Gasteiger partial charge on any atom is 0.387 e. The second kappa shape index (κ2) is 5.31. The van der Waals surface area contributed by atoms with Crippen molar-refractivity contribution in [2.75, 3.05) is 5.32 Å². The van der Waals surface area contributed by atoms with Gasteiger partial charge in [-0.15, -0.1) is 0 Å². The summed E-state index contributed by atoms with van der Waals surface area (Å²) in [6.07, 6.45) is 0. The van der Waals surface area contributed by atoms with E-state index < -0.39 is 12.2 Å². The Bertz CT molecular complexity index is 364. The lowest BCUT2D eigenvalue weighted by Crippen LogP contribution is -2.39. The van der Waals surface area contributed by atoms with Crippen LogP contribution in [0.25, 0.3) is 0 Å². The van der Waals surface area contributed by atoms with Crippen LogP contribution in [-0.2, 0) is 0 Å². The molecule has 1 atom stereocenters. The van der Waals surface area contributed by atoms with Gasteiger partial charge in [-0.1, -0.05) is 6.07 Å². The highest BCUT2D eigenvalue weighted by atomic mass is 19.3. The van der Waals surface area contributed by atoms with Gasteiger partial charge in [0.05, 0.1) is 11.6 Å². The Morgan fingerprint density at radius 3 is 2.53 bits per heavy atom. The number of benzene rings is 1. The number of ether oxygens (including phenoxy) is 1. The smallest absolute Gasteiger partial charge is 0.387 e. The van der Waals surface area contributed by atoms with E-state index in [2.05, 4.69) is 10.1 Å². The van der Waals surface area contributed by atoms with Gasteiger partial charge in [-0.05, 0) is 32.9 Å². The van der Waals surface area contributed by atoms with E-state index in [4.69, 9.17) is 0 Å². The fourth-order valence-electron chi connectivity index (χ4n) is 1.19. The number of rotatable bonds is 5. The molecule has 0 saturated heterocycles. The average Bonchev–Trinajstić information content (AvgIpc) is 2.15. The highest BCUT2D eigenvalue weighted by molar-refractivity contribution is 5.49. The largest absolute Gasteiger partial charge is 0.435 e. The van der Waals surface area contributed by atoms with Crippen molar-refractivity contribution < 1.29 is 18.6 Å². The van der Waals surface area contributed by atoms with Crippen molar-refractivity contribution >= 4 is 5.69 Å². The first-order chi connectivity index (χ1) is 7.79. The summed E-state index contributed by atoms with van der Waals surface area (Å²) in [5.74, 6) is 0.0907. The summed E-state index contributed by atoms with van der Waals surface area (Å²) in [7, 11) is 0. The molecule has 3 nitrogen and oxygen atoms in total. The first-order valence-corrected chi connectivity index (χ1v) is 5.33. The highest BCUT2D eigenvalue weighted by Crippen LogP contribution is 2.21. The molecule has 0 aliphatic rings. The van der Waals surface area contributed by atoms with E-state index in [1.807, 2.05) is 0 Å². The van der Waals surface area contributed by atoms with E-state index in [9.17, 15) is 13.9 Å². The quantitative estimate of drug-likeness (QED) is 0.838. The van der Waals surface area contributed by atoms with Crippen LogP contribution in [-0.4, -0.2) is 23.4 Å². The van der Waals surface area contributed by atoms with Gasteiger partial charge >= 0.3 is 6.61 Å². The van der Waals surface area contributed by atoms with Crippen LogP contribution in [0.1, 0.15) is 20.8 Å². The average molecular weight is 245 g/mol. The molecule has 1 aromatic carbocycles. The van der Waals surface area contributed by atoms with Gasteiger partial charge < -0.3 is 15.2 Å². The lowest BCUT2D eigenvalue weighted by atomic mass is 10.0. The molecule has 0 saturated carbocycles. The third-order valence-corrected chi connectivity index (χ3v) is 2.50. The van der Waals surface area contributed by atoms with E-state index >= 15 is 0 Å². The van der Waals surface area contributed by atoms with Crippen molar-refractivity contribution in [3.05, 3.63) is 24.3 Å².